The predicted molar refractivity (Wildman–Crippen MR) is 134 cm³/mol. The molecule has 1 N–H and O–H groups in total. The molecule has 2 aromatic rings. The quantitative estimate of drug-likeness (QED) is 0.274. The number of rotatable bonds is 16. The molecule has 32 heavy (non-hydrogen) atoms. The van der Waals surface area contributed by atoms with Crippen molar-refractivity contribution in [1.82, 2.24) is 9.29 Å². The summed E-state index contributed by atoms with van der Waals surface area (Å²) >= 11 is 0. The summed E-state index contributed by atoms with van der Waals surface area (Å²) in [7, 11) is -3.68. The van der Waals surface area contributed by atoms with E-state index in [0.29, 0.717) is 29.7 Å². The van der Waals surface area contributed by atoms with E-state index in [-0.39, 0.29) is 10.6 Å². The summed E-state index contributed by atoms with van der Waals surface area (Å²) in [5.74, 6) is 0.0149. The van der Waals surface area contributed by atoms with Crippen molar-refractivity contribution in [3.63, 3.8) is 0 Å². The Balaban J connectivity index is 2.20. The van der Waals surface area contributed by atoms with E-state index in [1.807, 2.05) is 0 Å². The monoisotopic (exact) mass is 462 g/mol. The molecule has 0 saturated heterocycles. The van der Waals surface area contributed by atoms with Gasteiger partial charge in [0.2, 0.25) is 10.0 Å². The van der Waals surface area contributed by atoms with Crippen LogP contribution in [0.25, 0.3) is 10.9 Å². The van der Waals surface area contributed by atoms with Crippen LogP contribution in [0.4, 0.5) is 0 Å². The lowest BCUT2D eigenvalue weighted by atomic mass is 10.1. The van der Waals surface area contributed by atoms with E-state index in [1.54, 1.807) is 35.5 Å². The largest absolute Gasteiger partial charge is 0.506 e. The molecule has 0 aliphatic rings. The summed E-state index contributed by atoms with van der Waals surface area (Å²) in [6.45, 7) is 7.27. The first-order valence-electron chi connectivity index (χ1n) is 12.5. The molecule has 1 heterocycles. The van der Waals surface area contributed by atoms with Crippen LogP contribution in [0.1, 0.15) is 96.6 Å². The highest BCUT2D eigenvalue weighted by atomic mass is 32.2. The Morgan fingerprint density at radius 3 is 1.94 bits per heavy atom. The number of phenolic OH excluding ortho intramolecular Hbond substituents is 1. The molecule has 5 nitrogen and oxygen atoms in total. The molecule has 0 aliphatic carbocycles. The normalized spacial score (nSPS) is 12.1. The smallest absolute Gasteiger partial charge is 0.243 e. The Labute approximate surface area is 195 Å². The molecule has 1 aromatic heterocycles. The Morgan fingerprint density at radius 1 is 0.844 bits per heavy atom. The van der Waals surface area contributed by atoms with Crippen LogP contribution in [0.5, 0.6) is 5.75 Å². The number of hydrogen-bond acceptors (Lipinski definition) is 4. The van der Waals surface area contributed by atoms with Crippen LogP contribution in [0, 0.1) is 6.92 Å². The van der Waals surface area contributed by atoms with Crippen molar-refractivity contribution in [1.29, 1.82) is 0 Å². The Morgan fingerprint density at radius 2 is 1.38 bits per heavy atom. The highest BCUT2D eigenvalue weighted by molar-refractivity contribution is 7.89. The number of aryl methyl sites for hydroxylation is 1. The number of fused-ring (bicyclic) bond motifs is 1. The van der Waals surface area contributed by atoms with Crippen molar-refractivity contribution in [3.8, 4) is 5.75 Å². The molecule has 0 radical (unpaired) electrons. The van der Waals surface area contributed by atoms with Crippen molar-refractivity contribution in [2.45, 2.75) is 103 Å². The summed E-state index contributed by atoms with van der Waals surface area (Å²) in [6.07, 6.45) is 13.5. The maximum absolute atomic E-state index is 13.8. The van der Waals surface area contributed by atoms with E-state index < -0.39 is 10.0 Å². The zero-order valence-corrected chi connectivity index (χ0v) is 21.1. The fraction of sp³-hybridized carbons (Fsp3) is 0.654. The van der Waals surface area contributed by atoms with Crippen LogP contribution < -0.4 is 0 Å². The molecule has 0 amide bonds. The van der Waals surface area contributed by atoms with Crippen LogP contribution in [-0.2, 0) is 10.0 Å². The second kappa shape index (κ2) is 13.8. The third kappa shape index (κ3) is 7.73. The number of unbranched alkanes of at least 4 members (excludes halogenated alkanes) is 10. The van der Waals surface area contributed by atoms with Gasteiger partial charge < -0.3 is 5.11 Å². The van der Waals surface area contributed by atoms with E-state index >= 15 is 0 Å². The van der Waals surface area contributed by atoms with Gasteiger partial charge in [0.1, 0.15) is 11.3 Å². The van der Waals surface area contributed by atoms with Gasteiger partial charge in [-0.3, -0.25) is 0 Å². The molecule has 0 bridgehead atoms. The predicted octanol–water partition coefficient (Wildman–Crippen LogP) is 6.96. The third-order valence-electron chi connectivity index (χ3n) is 6.05. The van der Waals surface area contributed by atoms with E-state index in [4.69, 9.17) is 0 Å². The summed E-state index contributed by atoms with van der Waals surface area (Å²) < 4.78 is 29.2. The van der Waals surface area contributed by atoms with Gasteiger partial charge in [-0.25, -0.2) is 13.4 Å². The van der Waals surface area contributed by atoms with Crippen LogP contribution in [0.15, 0.2) is 29.2 Å². The number of nitrogens with zero attached hydrogens (tertiary/aromatic N) is 2. The highest BCUT2D eigenvalue weighted by Crippen LogP contribution is 2.31. The Kier molecular flexibility index (Phi) is 11.5. The number of sulfonamides is 1. The second-order valence-corrected chi connectivity index (χ2v) is 10.8. The molecule has 0 saturated carbocycles. The van der Waals surface area contributed by atoms with Crippen molar-refractivity contribution in [2.24, 2.45) is 0 Å². The minimum atomic E-state index is -3.68. The van der Waals surface area contributed by atoms with Crippen molar-refractivity contribution >= 4 is 20.9 Å². The minimum absolute atomic E-state index is 0.0149. The average Bonchev–Trinajstić information content (AvgIpc) is 2.77. The summed E-state index contributed by atoms with van der Waals surface area (Å²) in [6, 6.07) is 6.61. The highest BCUT2D eigenvalue weighted by Gasteiger charge is 2.27. The Bertz CT molecular complexity index is 912. The fourth-order valence-electron chi connectivity index (χ4n) is 4.17. The van der Waals surface area contributed by atoms with Gasteiger partial charge in [-0.1, -0.05) is 90.2 Å². The number of aromatic hydroxyl groups is 1. The van der Waals surface area contributed by atoms with Gasteiger partial charge in [0.05, 0.1) is 4.90 Å². The molecule has 0 aliphatic heterocycles. The minimum Gasteiger partial charge on any atom is -0.506 e. The van der Waals surface area contributed by atoms with E-state index in [9.17, 15) is 13.5 Å². The lowest BCUT2D eigenvalue weighted by Crippen LogP contribution is -2.33. The molecule has 1 aromatic carbocycles. The van der Waals surface area contributed by atoms with Crippen molar-refractivity contribution < 1.29 is 13.5 Å². The van der Waals surface area contributed by atoms with Gasteiger partial charge >= 0.3 is 0 Å². The maximum atomic E-state index is 13.8. The Hall–Kier alpha value is -1.66. The van der Waals surface area contributed by atoms with Gasteiger partial charge in [-0.2, -0.15) is 4.31 Å². The SMILES string of the molecule is CCCCCCCCN(CCCCCCCC)S(=O)(=O)c1cc(C)nc2c(O)cccc12. The maximum Gasteiger partial charge on any atom is 0.243 e. The fourth-order valence-corrected chi connectivity index (χ4v) is 5.94. The first-order chi connectivity index (χ1) is 15.4. The number of benzene rings is 1. The van der Waals surface area contributed by atoms with Crippen LogP contribution in [0.2, 0.25) is 0 Å². The van der Waals surface area contributed by atoms with Gasteiger partial charge in [-0.15, -0.1) is 0 Å². The molecular weight excluding hydrogens is 420 g/mol. The molecule has 6 heteroatoms. The molecule has 0 atom stereocenters. The van der Waals surface area contributed by atoms with Gasteiger partial charge in [0.25, 0.3) is 0 Å². The zero-order chi connectivity index (χ0) is 23.4. The molecule has 2 rings (SSSR count). The number of aromatic nitrogens is 1. The molecule has 0 unspecified atom stereocenters. The number of para-hydroxylation sites is 1. The lowest BCUT2D eigenvalue weighted by Gasteiger charge is -2.23. The number of hydrogen-bond donors (Lipinski definition) is 1. The average molecular weight is 463 g/mol. The van der Waals surface area contributed by atoms with Crippen LogP contribution in [0.3, 0.4) is 0 Å². The zero-order valence-electron chi connectivity index (χ0n) is 20.3. The first kappa shape index (κ1) is 26.6. The van der Waals surface area contributed by atoms with E-state index in [1.165, 1.54) is 38.5 Å². The molecule has 0 fully saturated rings. The van der Waals surface area contributed by atoms with Crippen LogP contribution >= 0.6 is 0 Å². The van der Waals surface area contributed by atoms with Crippen molar-refractivity contribution in [2.75, 3.05) is 13.1 Å². The van der Waals surface area contributed by atoms with Crippen LogP contribution in [-0.4, -0.2) is 35.9 Å². The van der Waals surface area contributed by atoms with Crippen molar-refractivity contribution in [3.05, 3.63) is 30.0 Å². The summed E-state index contributed by atoms with van der Waals surface area (Å²) in [4.78, 5) is 4.64. The van der Waals surface area contributed by atoms with Gasteiger partial charge in [0, 0.05) is 24.2 Å². The summed E-state index contributed by atoms with van der Waals surface area (Å²) in [5.41, 5.74) is 0.946. The van der Waals surface area contributed by atoms with E-state index in [2.05, 4.69) is 18.8 Å². The number of phenols is 1. The third-order valence-corrected chi connectivity index (χ3v) is 7.99. The molecule has 180 valence electrons. The second-order valence-electron chi connectivity index (χ2n) is 8.87. The lowest BCUT2D eigenvalue weighted by molar-refractivity contribution is 0.384. The van der Waals surface area contributed by atoms with Gasteiger partial charge in [0.15, 0.2) is 0 Å². The standard InChI is InChI=1S/C26H42N2O3S/c1-4-6-8-10-12-14-19-28(20-15-13-11-9-7-5-2)32(30,31)25-21-22(3)27-26-23(25)17-16-18-24(26)29/h16-18,21,29H,4-15,19-20H2,1-3H3. The number of pyridine rings is 1. The first-order valence-corrected chi connectivity index (χ1v) is 13.9. The van der Waals surface area contributed by atoms with Gasteiger partial charge in [-0.05, 0) is 31.9 Å². The topological polar surface area (TPSA) is 70.5 Å². The molecule has 0 spiro atoms. The molecular formula is C26H42N2O3S. The van der Waals surface area contributed by atoms with E-state index in [0.717, 1.165) is 38.5 Å². The summed E-state index contributed by atoms with van der Waals surface area (Å²) in [5, 5.41) is 10.7.